The average molecular weight is 268 g/mol. The summed E-state index contributed by atoms with van der Waals surface area (Å²) in [6.07, 6.45) is 4.06. The Morgan fingerprint density at radius 3 is 2.95 bits per heavy atom. The molecule has 0 radical (unpaired) electrons. The molecule has 3 aromatic rings. The van der Waals surface area contributed by atoms with Crippen LogP contribution in [0.25, 0.3) is 16.5 Å². The maximum Gasteiger partial charge on any atom is 0.375 e. The molecule has 2 aromatic heterocycles. The Morgan fingerprint density at radius 2 is 2.20 bits per heavy atom. The van der Waals surface area contributed by atoms with Crippen LogP contribution in [0.1, 0.15) is 23.4 Å². The van der Waals surface area contributed by atoms with Crippen LogP contribution in [0.4, 0.5) is 0 Å². The van der Waals surface area contributed by atoms with Crippen molar-refractivity contribution in [3.63, 3.8) is 0 Å². The van der Waals surface area contributed by atoms with Gasteiger partial charge in [-0.3, -0.25) is 4.98 Å². The topological polar surface area (TPSA) is 80.9 Å². The number of aryl methyl sites for hydroxylation is 1. The highest BCUT2D eigenvalue weighted by Gasteiger charge is 2.16. The van der Waals surface area contributed by atoms with Crippen molar-refractivity contribution in [1.29, 1.82) is 0 Å². The summed E-state index contributed by atoms with van der Waals surface area (Å²) in [5.41, 5.74) is 0.785. The molecule has 0 bridgehead atoms. The van der Waals surface area contributed by atoms with Gasteiger partial charge in [-0.2, -0.15) is 0 Å². The molecule has 3 rings (SSSR count). The number of carboxylic acid groups (broad SMARTS) is 1. The summed E-state index contributed by atoms with van der Waals surface area (Å²) in [5, 5.41) is 15.0. The molecule has 0 aliphatic rings. The first-order valence-electron chi connectivity index (χ1n) is 6.23. The van der Waals surface area contributed by atoms with Crippen LogP contribution in [0.15, 0.2) is 36.7 Å². The van der Waals surface area contributed by atoms with Gasteiger partial charge in [0.25, 0.3) is 5.82 Å². The predicted octanol–water partition coefficient (Wildman–Crippen LogP) is 2.08. The molecule has 100 valence electrons. The molecule has 0 aliphatic carbocycles. The zero-order valence-electron chi connectivity index (χ0n) is 10.8. The number of nitrogens with zero attached hydrogens (tertiary/aromatic N) is 4. The lowest BCUT2D eigenvalue weighted by Crippen LogP contribution is -2.04. The van der Waals surface area contributed by atoms with Crippen molar-refractivity contribution in [2.75, 3.05) is 0 Å². The third kappa shape index (κ3) is 1.91. The Hall–Kier alpha value is -2.76. The van der Waals surface area contributed by atoms with Gasteiger partial charge in [0.2, 0.25) is 0 Å². The van der Waals surface area contributed by atoms with E-state index < -0.39 is 5.97 Å². The molecule has 0 atom stereocenters. The Morgan fingerprint density at radius 1 is 1.35 bits per heavy atom. The summed E-state index contributed by atoms with van der Waals surface area (Å²) in [4.78, 5) is 19.2. The first-order valence-corrected chi connectivity index (χ1v) is 6.23. The molecule has 0 saturated heterocycles. The SMILES string of the molecule is CCc1nc(C(=O)O)nn1-c1cccc2ccncc12. The summed E-state index contributed by atoms with van der Waals surface area (Å²) in [6, 6.07) is 7.66. The molecule has 0 fully saturated rings. The number of benzene rings is 1. The molecule has 20 heavy (non-hydrogen) atoms. The lowest BCUT2D eigenvalue weighted by Gasteiger charge is -2.07. The van der Waals surface area contributed by atoms with E-state index in [1.165, 1.54) is 0 Å². The van der Waals surface area contributed by atoms with E-state index in [1.807, 2.05) is 31.2 Å². The van der Waals surface area contributed by atoms with Crippen molar-refractivity contribution >= 4 is 16.7 Å². The van der Waals surface area contributed by atoms with Gasteiger partial charge in [0, 0.05) is 24.2 Å². The van der Waals surface area contributed by atoms with Crippen LogP contribution in [0.2, 0.25) is 0 Å². The van der Waals surface area contributed by atoms with Crippen LogP contribution in [0.3, 0.4) is 0 Å². The van der Waals surface area contributed by atoms with Gasteiger partial charge in [0.15, 0.2) is 0 Å². The van der Waals surface area contributed by atoms with Crippen LogP contribution in [0.5, 0.6) is 0 Å². The van der Waals surface area contributed by atoms with E-state index in [2.05, 4.69) is 15.1 Å². The van der Waals surface area contributed by atoms with Gasteiger partial charge in [-0.05, 0) is 17.5 Å². The first kappa shape index (κ1) is 12.3. The number of carbonyl (C=O) groups is 1. The maximum absolute atomic E-state index is 11.0. The van der Waals surface area contributed by atoms with Gasteiger partial charge < -0.3 is 5.11 Å². The molecule has 0 spiro atoms. The minimum Gasteiger partial charge on any atom is -0.475 e. The third-order valence-electron chi connectivity index (χ3n) is 3.07. The summed E-state index contributed by atoms with van der Waals surface area (Å²) in [6.45, 7) is 1.91. The molecule has 0 aliphatic heterocycles. The van der Waals surface area contributed by atoms with Gasteiger partial charge in [-0.15, -0.1) is 5.10 Å². The van der Waals surface area contributed by atoms with Gasteiger partial charge >= 0.3 is 5.97 Å². The molecular formula is C14H12N4O2. The molecule has 6 heteroatoms. The lowest BCUT2D eigenvalue weighted by molar-refractivity contribution is 0.0683. The highest BCUT2D eigenvalue weighted by molar-refractivity contribution is 5.89. The second-order valence-corrected chi connectivity index (χ2v) is 4.30. The van der Waals surface area contributed by atoms with Crippen molar-refractivity contribution in [2.24, 2.45) is 0 Å². The zero-order chi connectivity index (χ0) is 14.1. The Balaban J connectivity index is 2.28. The normalized spacial score (nSPS) is 10.8. The number of fused-ring (bicyclic) bond motifs is 1. The van der Waals surface area contributed by atoms with Crippen molar-refractivity contribution in [3.05, 3.63) is 48.3 Å². The highest BCUT2D eigenvalue weighted by Crippen LogP contribution is 2.22. The van der Waals surface area contributed by atoms with Crippen molar-refractivity contribution in [3.8, 4) is 5.69 Å². The van der Waals surface area contributed by atoms with E-state index in [4.69, 9.17) is 5.11 Å². The van der Waals surface area contributed by atoms with E-state index >= 15 is 0 Å². The molecule has 0 amide bonds. The first-order chi connectivity index (χ1) is 9.70. The molecule has 6 nitrogen and oxygen atoms in total. The second kappa shape index (κ2) is 4.73. The molecule has 1 N–H and O–H groups in total. The molecule has 0 unspecified atom stereocenters. The van der Waals surface area contributed by atoms with Crippen LogP contribution in [0, 0.1) is 0 Å². The van der Waals surface area contributed by atoms with Gasteiger partial charge in [-0.1, -0.05) is 19.1 Å². The van der Waals surface area contributed by atoms with E-state index in [-0.39, 0.29) is 5.82 Å². The summed E-state index contributed by atoms with van der Waals surface area (Å²) in [5.74, 6) is -0.710. The smallest absolute Gasteiger partial charge is 0.375 e. The lowest BCUT2D eigenvalue weighted by atomic mass is 10.1. The summed E-state index contributed by atoms with van der Waals surface area (Å²) < 4.78 is 1.58. The number of carboxylic acids is 1. The van der Waals surface area contributed by atoms with Crippen molar-refractivity contribution in [2.45, 2.75) is 13.3 Å². The third-order valence-corrected chi connectivity index (χ3v) is 3.07. The second-order valence-electron chi connectivity index (χ2n) is 4.30. The van der Waals surface area contributed by atoms with Crippen LogP contribution in [-0.4, -0.2) is 30.8 Å². The Kier molecular flexibility index (Phi) is 2.90. The number of hydrogen-bond acceptors (Lipinski definition) is 4. The van der Waals surface area contributed by atoms with Crippen LogP contribution in [-0.2, 0) is 6.42 Å². The number of rotatable bonds is 3. The minimum absolute atomic E-state index is 0.192. The fraction of sp³-hybridized carbons (Fsp3) is 0.143. The number of hydrogen-bond donors (Lipinski definition) is 1. The number of pyridine rings is 1. The molecule has 0 saturated carbocycles. The molecule has 1 aromatic carbocycles. The van der Waals surface area contributed by atoms with Crippen molar-refractivity contribution in [1.82, 2.24) is 19.7 Å². The van der Waals surface area contributed by atoms with Crippen LogP contribution < -0.4 is 0 Å². The Bertz CT molecular complexity index is 789. The molecular weight excluding hydrogens is 256 g/mol. The standard InChI is InChI=1S/C14H12N4O2/c1-2-12-16-13(14(19)20)17-18(12)11-5-3-4-9-6-7-15-8-10(9)11/h3-8H,2H2,1H3,(H,19,20). The largest absolute Gasteiger partial charge is 0.475 e. The summed E-state index contributed by atoms with van der Waals surface area (Å²) >= 11 is 0. The van der Waals surface area contributed by atoms with Crippen LogP contribution >= 0.6 is 0 Å². The van der Waals surface area contributed by atoms with E-state index in [0.29, 0.717) is 12.2 Å². The fourth-order valence-electron chi connectivity index (χ4n) is 2.14. The monoisotopic (exact) mass is 268 g/mol. The van der Waals surface area contributed by atoms with Gasteiger partial charge in [-0.25, -0.2) is 14.5 Å². The Labute approximate surface area is 114 Å². The quantitative estimate of drug-likeness (QED) is 0.786. The minimum atomic E-state index is -1.13. The average Bonchev–Trinajstić information content (AvgIpc) is 2.91. The van der Waals surface area contributed by atoms with Gasteiger partial charge in [0.05, 0.1) is 5.69 Å². The molecule has 2 heterocycles. The number of aromatic carboxylic acids is 1. The maximum atomic E-state index is 11.0. The summed E-state index contributed by atoms with van der Waals surface area (Å²) in [7, 11) is 0. The van der Waals surface area contributed by atoms with Gasteiger partial charge in [0.1, 0.15) is 5.82 Å². The fourth-order valence-corrected chi connectivity index (χ4v) is 2.14. The highest BCUT2D eigenvalue weighted by atomic mass is 16.4. The van der Waals surface area contributed by atoms with E-state index in [1.54, 1.807) is 17.1 Å². The van der Waals surface area contributed by atoms with E-state index in [9.17, 15) is 4.79 Å². The predicted molar refractivity (Wildman–Crippen MR) is 73.0 cm³/mol. The number of aromatic nitrogens is 4. The zero-order valence-corrected chi connectivity index (χ0v) is 10.8. The van der Waals surface area contributed by atoms with Crippen molar-refractivity contribution < 1.29 is 9.90 Å². The van der Waals surface area contributed by atoms with E-state index in [0.717, 1.165) is 16.5 Å².